The van der Waals surface area contributed by atoms with E-state index in [0.717, 1.165) is 11.3 Å². The summed E-state index contributed by atoms with van der Waals surface area (Å²) in [6.07, 6.45) is 0.699. The summed E-state index contributed by atoms with van der Waals surface area (Å²) in [5.74, 6) is -0.318. The van der Waals surface area contributed by atoms with Crippen molar-refractivity contribution >= 4 is 33.0 Å². The van der Waals surface area contributed by atoms with Gasteiger partial charge >= 0.3 is 0 Å². The number of hydrogen-bond donors (Lipinski definition) is 2. The molecule has 22 heavy (non-hydrogen) atoms. The van der Waals surface area contributed by atoms with Crippen molar-refractivity contribution in [1.82, 2.24) is 4.72 Å². The Bertz CT molecular complexity index is 739. The van der Waals surface area contributed by atoms with E-state index in [1.165, 1.54) is 11.4 Å². The average Bonchev–Trinajstić information content (AvgIpc) is 2.98. The molecular weight excluding hydrogens is 320 g/mol. The molecule has 1 heterocycles. The van der Waals surface area contributed by atoms with E-state index in [0.29, 0.717) is 17.0 Å². The number of nitrogens with one attached hydrogen (secondary N) is 2. The van der Waals surface area contributed by atoms with Gasteiger partial charge in [-0.05, 0) is 31.5 Å². The van der Waals surface area contributed by atoms with Crippen LogP contribution in [0, 0.1) is 0 Å². The molecular formula is C15H18N2O3S2. The standard InChI is InChI=1S/C15H18N2O3S2/c1-3-11(2)17-22(19,20)13-9-14(21-10-13)15(18)16-12-7-5-4-6-8-12/h4-11,17H,3H2,1-2H3,(H,16,18). The van der Waals surface area contributed by atoms with Gasteiger partial charge in [0, 0.05) is 17.1 Å². The van der Waals surface area contributed by atoms with Crippen molar-refractivity contribution in [2.75, 3.05) is 5.32 Å². The molecule has 2 N–H and O–H groups in total. The molecule has 0 fully saturated rings. The molecule has 1 aromatic carbocycles. The molecule has 0 spiro atoms. The van der Waals surface area contributed by atoms with E-state index in [1.54, 1.807) is 19.1 Å². The van der Waals surface area contributed by atoms with Crippen LogP contribution in [0.4, 0.5) is 5.69 Å². The minimum atomic E-state index is -3.58. The van der Waals surface area contributed by atoms with Crippen molar-refractivity contribution in [3.05, 3.63) is 46.7 Å². The van der Waals surface area contributed by atoms with Crippen LogP contribution in [0.2, 0.25) is 0 Å². The van der Waals surface area contributed by atoms with E-state index < -0.39 is 10.0 Å². The molecule has 0 bridgehead atoms. The van der Waals surface area contributed by atoms with Gasteiger partial charge in [-0.15, -0.1) is 11.3 Å². The first-order valence-corrected chi connectivity index (χ1v) is 9.26. The molecule has 2 aromatic rings. The quantitative estimate of drug-likeness (QED) is 0.850. The second-order valence-electron chi connectivity index (χ2n) is 4.90. The Hall–Kier alpha value is -1.70. The molecule has 1 unspecified atom stereocenters. The number of carbonyl (C=O) groups is 1. The Morgan fingerprint density at radius 1 is 1.27 bits per heavy atom. The largest absolute Gasteiger partial charge is 0.321 e. The van der Waals surface area contributed by atoms with E-state index in [4.69, 9.17) is 0 Å². The van der Waals surface area contributed by atoms with Gasteiger partial charge in [-0.2, -0.15) is 0 Å². The summed E-state index contributed by atoms with van der Waals surface area (Å²) in [5.41, 5.74) is 0.669. The zero-order valence-electron chi connectivity index (χ0n) is 12.4. The second kappa shape index (κ2) is 7.04. The van der Waals surface area contributed by atoms with Gasteiger partial charge in [0.1, 0.15) is 0 Å². The van der Waals surface area contributed by atoms with Gasteiger partial charge in [-0.3, -0.25) is 4.79 Å². The predicted octanol–water partition coefficient (Wildman–Crippen LogP) is 3.08. The minimum absolute atomic E-state index is 0.121. The van der Waals surface area contributed by atoms with Gasteiger partial charge in [0.15, 0.2) is 0 Å². The molecule has 0 aliphatic carbocycles. The van der Waals surface area contributed by atoms with E-state index in [9.17, 15) is 13.2 Å². The van der Waals surface area contributed by atoms with Crippen LogP contribution < -0.4 is 10.0 Å². The van der Waals surface area contributed by atoms with Crippen LogP contribution >= 0.6 is 11.3 Å². The number of benzene rings is 1. The third kappa shape index (κ3) is 4.16. The lowest BCUT2D eigenvalue weighted by atomic mass is 10.3. The maximum absolute atomic E-state index is 12.2. The van der Waals surface area contributed by atoms with Crippen LogP contribution in [0.5, 0.6) is 0 Å². The molecule has 1 atom stereocenters. The Labute approximate surface area is 134 Å². The van der Waals surface area contributed by atoms with Crippen LogP contribution in [-0.4, -0.2) is 20.4 Å². The topological polar surface area (TPSA) is 75.3 Å². The van der Waals surface area contributed by atoms with Crippen molar-refractivity contribution in [3.63, 3.8) is 0 Å². The summed E-state index contributed by atoms with van der Waals surface area (Å²) in [6, 6.07) is 10.3. The SMILES string of the molecule is CCC(C)NS(=O)(=O)c1csc(C(=O)Nc2ccccc2)c1. The van der Waals surface area contributed by atoms with Crippen LogP contribution in [-0.2, 0) is 10.0 Å². The van der Waals surface area contributed by atoms with Crippen molar-refractivity contribution in [2.45, 2.75) is 31.2 Å². The van der Waals surface area contributed by atoms with Gasteiger partial charge in [0.05, 0.1) is 9.77 Å². The highest BCUT2D eigenvalue weighted by atomic mass is 32.2. The Balaban J connectivity index is 2.12. The van der Waals surface area contributed by atoms with Crippen molar-refractivity contribution in [2.24, 2.45) is 0 Å². The summed E-state index contributed by atoms with van der Waals surface area (Å²) in [6.45, 7) is 3.70. The highest BCUT2D eigenvalue weighted by Crippen LogP contribution is 2.21. The summed E-state index contributed by atoms with van der Waals surface area (Å²) >= 11 is 1.11. The predicted molar refractivity (Wildman–Crippen MR) is 88.8 cm³/mol. The smallest absolute Gasteiger partial charge is 0.265 e. The molecule has 0 saturated carbocycles. The lowest BCUT2D eigenvalue weighted by molar-refractivity contribution is 0.103. The summed E-state index contributed by atoms with van der Waals surface area (Å²) < 4.78 is 26.9. The van der Waals surface area contributed by atoms with E-state index in [-0.39, 0.29) is 16.8 Å². The Kier molecular flexibility index (Phi) is 5.33. The summed E-state index contributed by atoms with van der Waals surface area (Å²) in [7, 11) is -3.58. The molecule has 0 aliphatic heterocycles. The number of carbonyl (C=O) groups excluding carboxylic acids is 1. The molecule has 0 saturated heterocycles. The first-order valence-electron chi connectivity index (χ1n) is 6.89. The first-order chi connectivity index (χ1) is 10.4. The molecule has 1 amide bonds. The van der Waals surface area contributed by atoms with Crippen molar-refractivity contribution in [1.29, 1.82) is 0 Å². The number of anilines is 1. The van der Waals surface area contributed by atoms with E-state index in [1.807, 2.05) is 25.1 Å². The zero-order chi connectivity index (χ0) is 16.2. The lowest BCUT2D eigenvalue weighted by Gasteiger charge is -2.10. The van der Waals surface area contributed by atoms with Gasteiger partial charge in [-0.1, -0.05) is 25.1 Å². The van der Waals surface area contributed by atoms with E-state index in [2.05, 4.69) is 10.0 Å². The maximum atomic E-state index is 12.2. The number of thiophene rings is 1. The Morgan fingerprint density at radius 3 is 2.59 bits per heavy atom. The molecule has 5 nitrogen and oxygen atoms in total. The number of hydrogen-bond acceptors (Lipinski definition) is 4. The highest BCUT2D eigenvalue weighted by Gasteiger charge is 2.20. The lowest BCUT2D eigenvalue weighted by Crippen LogP contribution is -2.31. The van der Waals surface area contributed by atoms with Crippen molar-refractivity contribution < 1.29 is 13.2 Å². The first kappa shape index (κ1) is 16.7. The van der Waals surface area contributed by atoms with Crippen LogP contribution in [0.3, 0.4) is 0 Å². The second-order valence-corrected chi connectivity index (χ2v) is 7.52. The Morgan fingerprint density at radius 2 is 1.95 bits per heavy atom. The van der Waals surface area contributed by atoms with Gasteiger partial charge < -0.3 is 5.32 Å². The van der Waals surface area contributed by atoms with Crippen LogP contribution in [0.15, 0.2) is 46.7 Å². The van der Waals surface area contributed by atoms with Crippen LogP contribution in [0.1, 0.15) is 29.9 Å². The van der Waals surface area contributed by atoms with Gasteiger partial charge in [0.25, 0.3) is 5.91 Å². The zero-order valence-corrected chi connectivity index (χ0v) is 14.0. The normalized spacial score (nSPS) is 12.8. The minimum Gasteiger partial charge on any atom is -0.321 e. The van der Waals surface area contributed by atoms with Crippen molar-refractivity contribution in [3.8, 4) is 0 Å². The van der Waals surface area contributed by atoms with Gasteiger partial charge in [-0.25, -0.2) is 13.1 Å². The summed E-state index contributed by atoms with van der Waals surface area (Å²) in [4.78, 5) is 12.6. The molecule has 7 heteroatoms. The fourth-order valence-electron chi connectivity index (χ4n) is 1.71. The molecule has 1 aromatic heterocycles. The summed E-state index contributed by atoms with van der Waals surface area (Å²) in [5, 5.41) is 4.21. The average molecular weight is 338 g/mol. The highest BCUT2D eigenvalue weighted by molar-refractivity contribution is 7.89. The number of amides is 1. The monoisotopic (exact) mass is 338 g/mol. The maximum Gasteiger partial charge on any atom is 0.265 e. The van der Waals surface area contributed by atoms with Gasteiger partial charge in [0.2, 0.25) is 10.0 Å². The number of rotatable bonds is 6. The van der Waals surface area contributed by atoms with E-state index >= 15 is 0 Å². The molecule has 118 valence electrons. The number of para-hydroxylation sites is 1. The molecule has 0 aliphatic rings. The third-order valence-electron chi connectivity index (χ3n) is 3.11. The third-order valence-corrected chi connectivity index (χ3v) is 5.76. The fourth-order valence-corrected chi connectivity index (χ4v) is 4.20. The number of sulfonamides is 1. The molecule has 0 radical (unpaired) electrons. The fraction of sp³-hybridized carbons (Fsp3) is 0.267. The van der Waals surface area contributed by atoms with Crippen LogP contribution in [0.25, 0.3) is 0 Å². The molecule has 2 rings (SSSR count).